The van der Waals surface area contributed by atoms with Crippen LogP contribution in [-0.2, 0) is 23.8 Å². The minimum Gasteiger partial charge on any atom is -0.463 e. The van der Waals surface area contributed by atoms with Crippen LogP contribution in [0.25, 0.3) is 0 Å². The molecule has 34 heavy (non-hydrogen) atoms. The molecule has 0 aromatic heterocycles. The quantitative estimate of drug-likeness (QED) is 0.172. The maximum atomic E-state index is 12.0. The normalized spacial score (nSPS) is 24.3. The maximum absolute atomic E-state index is 12.0. The molecule has 3 N–H and O–H groups in total. The zero-order valence-corrected chi connectivity index (χ0v) is 21.3. The molecule has 1 aliphatic heterocycles. The predicted molar refractivity (Wildman–Crippen MR) is 129 cm³/mol. The number of aliphatic hydroxyl groups is 3. The lowest BCUT2D eigenvalue weighted by molar-refractivity contribution is -0.253. The number of ether oxygens (including phenoxy) is 3. The second-order valence-electron chi connectivity index (χ2n) is 9.52. The second-order valence-corrected chi connectivity index (χ2v) is 9.52. The van der Waals surface area contributed by atoms with Crippen molar-refractivity contribution in [1.82, 2.24) is 0 Å². The Morgan fingerprint density at radius 3 is 1.68 bits per heavy atom. The molecule has 8 nitrogen and oxygen atoms in total. The van der Waals surface area contributed by atoms with E-state index in [0.717, 1.165) is 38.5 Å². The predicted octanol–water partition coefficient (Wildman–Crippen LogP) is 4.16. The lowest BCUT2D eigenvalue weighted by atomic mass is 10.1. The summed E-state index contributed by atoms with van der Waals surface area (Å²) in [5, 5.41) is 30.9. The first kappa shape index (κ1) is 30.8. The molecule has 0 aromatic rings. The molecule has 8 heteroatoms. The Hall–Kier alpha value is -1.22. The third-order valence-corrected chi connectivity index (χ3v) is 6.34. The summed E-state index contributed by atoms with van der Waals surface area (Å²) in [7, 11) is 0. The van der Waals surface area contributed by atoms with Gasteiger partial charge in [0, 0.05) is 12.8 Å². The molecule has 0 spiro atoms. The van der Waals surface area contributed by atoms with Gasteiger partial charge in [0.1, 0.15) is 31.5 Å². The van der Waals surface area contributed by atoms with Crippen LogP contribution in [-0.4, -0.2) is 64.6 Å². The number of hydrogen-bond acceptors (Lipinski definition) is 8. The Balaban J connectivity index is 2.23. The van der Waals surface area contributed by atoms with Crippen molar-refractivity contribution >= 4 is 11.9 Å². The van der Waals surface area contributed by atoms with Crippen molar-refractivity contribution in [2.45, 2.75) is 141 Å². The van der Waals surface area contributed by atoms with Gasteiger partial charge in [-0.15, -0.1) is 0 Å². The van der Waals surface area contributed by atoms with Crippen molar-refractivity contribution in [2.24, 2.45) is 0 Å². The zero-order valence-electron chi connectivity index (χ0n) is 21.3. The number of carbonyl (C=O) groups is 2. The van der Waals surface area contributed by atoms with E-state index in [4.69, 9.17) is 14.2 Å². The summed E-state index contributed by atoms with van der Waals surface area (Å²) >= 11 is 0. The molecule has 200 valence electrons. The minimum absolute atomic E-state index is 0.224. The fourth-order valence-corrected chi connectivity index (χ4v) is 4.08. The van der Waals surface area contributed by atoms with Gasteiger partial charge in [0.25, 0.3) is 0 Å². The van der Waals surface area contributed by atoms with E-state index >= 15 is 0 Å². The Kier molecular flexibility index (Phi) is 16.4. The molecular formula is C26H48O8. The van der Waals surface area contributed by atoms with Gasteiger partial charge in [-0.1, -0.05) is 90.9 Å². The number of rotatable bonds is 20. The topological polar surface area (TPSA) is 123 Å². The van der Waals surface area contributed by atoms with Gasteiger partial charge in [-0.25, -0.2) is 0 Å². The molecule has 0 unspecified atom stereocenters. The van der Waals surface area contributed by atoms with E-state index in [1.807, 2.05) is 0 Å². The van der Waals surface area contributed by atoms with Gasteiger partial charge in [0.15, 0.2) is 0 Å². The summed E-state index contributed by atoms with van der Waals surface area (Å²) in [5.74, 6) is -3.13. The van der Waals surface area contributed by atoms with Gasteiger partial charge < -0.3 is 29.5 Å². The first-order valence-electron chi connectivity index (χ1n) is 13.4. The summed E-state index contributed by atoms with van der Waals surface area (Å²) < 4.78 is 15.6. The Bertz CT molecular complexity index is 555. The average Bonchev–Trinajstić information content (AvgIpc) is 3.04. The van der Waals surface area contributed by atoms with Crippen molar-refractivity contribution in [1.29, 1.82) is 0 Å². The van der Waals surface area contributed by atoms with E-state index in [-0.39, 0.29) is 19.4 Å². The van der Waals surface area contributed by atoms with Gasteiger partial charge in [-0.2, -0.15) is 0 Å². The zero-order chi connectivity index (χ0) is 25.2. The average molecular weight is 489 g/mol. The second kappa shape index (κ2) is 18.1. The highest BCUT2D eigenvalue weighted by Crippen LogP contribution is 2.30. The Morgan fingerprint density at radius 2 is 1.18 bits per heavy atom. The minimum atomic E-state index is -2.23. The molecule has 1 aliphatic rings. The number of hydrogen-bond donors (Lipinski definition) is 3. The molecule has 1 rings (SSSR count). The van der Waals surface area contributed by atoms with Crippen LogP contribution in [0, 0.1) is 0 Å². The molecule has 1 fully saturated rings. The maximum Gasteiger partial charge on any atom is 0.305 e. The van der Waals surface area contributed by atoms with Crippen molar-refractivity contribution in [3.63, 3.8) is 0 Å². The molecule has 0 saturated carbocycles. The highest BCUT2D eigenvalue weighted by molar-refractivity contribution is 5.69. The van der Waals surface area contributed by atoms with Crippen molar-refractivity contribution < 1.29 is 39.1 Å². The van der Waals surface area contributed by atoms with E-state index in [9.17, 15) is 24.9 Å². The standard InChI is InChI=1S/C26H48O8/c1-3-5-7-9-11-13-15-17-22(27)32-19-21-24(29)25(30)26(31,34-21)20-33-23(28)18-16-14-12-10-8-6-4-2/h21,24-25,29-31H,3-20H2,1-2H3/t21-,24-,25-,26+/m1/s1. The highest BCUT2D eigenvalue weighted by atomic mass is 16.7. The van der Waals surface area contributed by atoms with Crippen LogP contribution < -0.4 is 0 Å². The molecule has 1 heterocycles. The van der Waals surface area contributed by atoms with Crippen LogP contribution in [0.5, 0.6) is 0 Å². The molecule has 0 aromatic carbocycles. The Morgan fingerprint density at radius 1 is 0.735 bits per heavy atom. The van der Waals surface area contributed by atoms with Crippen molar-refractivity contribution in [3.05, 3.63) is 0 Å². The summed E-state index contributed by atoms with van der Waals surface area (Å²) in [6.07, 6.45) is 11.4. The third kappa shape index (κ3) is 12.5. The highest BCUT2D eigenvalue weighted by Gasteiger charge is 2.54. The van der Waals surface area contributed by atoms with E-state index in [1.54, 1.807) is 0 Å². The third-order valence-electron chi connectivity index (χ3n) is 6.34. The molecular weight excluding hydrogens is 440 g/mol. The first-order chi connectivity index (χ1) is 16.3. The lowest BCUT2D eigenvalue weighted by Crippen LogP contribution is -2.47. The van der Waals surface area contributed by atoms with E-state index in [2.05, 4.69) is 13.8 Å². The van der Waals surface area contributed by atoms with E-state index in [1.165, 1.54) is 44.9 Å². The van der Waals surface area contributed by atoms with Gasteiger partial charge in [0.2, 0.25) is 5.79 Å². The van der Waals surface area contributed by atoms with Crippen molar-refractivity contribution in [3.8, 4) is 0 Å². The Labute approximate surface area is 205 Å². The SMILES string of the molecule is CCCCCCCCCC(=O)OC[C@H]1O[C@@](O)(COC(=O)CCCCCCCCC)[C@H](O)[C@@H]1O. The van der Waals surface area contributed by atoms with Crippen LogP contribution in [0.1, 0.15) is 117 Å². The summed E-state index contributed by atoms with van der Waals surface area (Å²) in [6, 6.07) is 0. The first-order valence-corrected chi connectivity index (χ1v) is 13.4. The molecule has 0 aliphatic carbocycles. The van der Waals surface area contributed by atoms with Crippen LogP contribution in [0.2, 0.25) is 0 Å². The number of aliphatic hydroxyl groups excluding tert-OH is 2. The number of carbonyl (C=O) groups excluding carboxylic acids is 2. The summed E-state index contributed by atoms with van der Waals surface area (Å²) in [5.41, 5.74) is 0. The van der Waals surface area contributed by atoms with Crippen LogP contribution in [0.3, 0.4) is 0 Å². The summed E-state index contributed by atoms with van der Waals surface area (Å²) in [6.45, 7) is 3.46. The van der Waals surface area contributed by atoms with Gasteiger partial charge in [0.05, 0.1) is 0 Å². The van der Waals surface area contributed by atoms with Crippen LogP contribution in [0.4, 0.5) is 0 Å². The lowest BCUT2D eigenvalue weighted by Gasteiger charge is -2.25. The molecule has 1 saturated heterocycles. The van der Waals surface area contributed by atoms with E-state index in [0.29, 0.717) is 6.42 Å². The fourth-order valence-electron chi connectivity index (χ4n) is 4.08. The molecule has 0 bridgehead atoms. The molecule has 0 amide bonds. The van der Waals surface area contributed by atoms with Gasteiger partial charge in [-0.3, -0.25) is 9.59 Å². The van der Waals surface area contributed by atoms with E-state index < -0.39 is 42.6 Å². The van der Waals surface area contributed by atoms with Gasteiger partial charge in [-0.05, 0) is 12.8 Å². The van der Waals surface area contributed by atoms with Crippen molar-refractivity contribution in [2.75, 3.05) is 13.2 Å². The fraction of sp³-hybridized carbons (Fsp3) is 0.923. The number of esters is 2. The largest absolute Gasteiger partial charge is 0.463 e. The molecule has 0 radical (unpaired) electrons. The number of unbranched alkanes of at least 4 members (excludes halogenated alkanes) is 12. The molecule has 4 atom stereocenters. The monoisotopic (exact) mass is 488 g/mol. The summed E-state index contributed by atoms with van der Waals surface area (Å²) in [4.78, 5) is 23.9. The van der Waals surface area contributed by atoms with Gasteiger partial charge >= 0.3 is 11.9 Å². The van der Waals surface area contributed by atoms with Crippen LogP contribution in [0.15, 0.2) is 0 Å². The smallest absolute Gasteiger partial charge is 0.305 e. The van der Waals surface area contributed by atoms with Crippen LogP contribution >= 0.6 is 0 Å².